The number of hydrogen-bond acceptors (Lipinski definition) is 2. The van der Waals surface area contributed by atoms with Gasteiger partial charge >= 0.3 is 0 Å². The highest BCUT2D eigenvalue weighted by molar-refractivity contribution is 9.10. The van der Waals surface area contributed by atoms with E-state index in [4.69, 9.17) is 0 Å². The van der Waals surface area contributed by atoms with Crippen molar-refractivity contribution >= 4 is 27.3 Å². The predicted octanol–water partition coefficient (Wildman–Crippen LogP) is 4.61. The summed E-state index contributed by atoms with van der Waals surface area (Å²) in [7, 11) is 0. The van der Waals surface area contributed by atoms with Crippen molar-refractivity contribution in [3.05, 3.63) is 20.8 Å². The number of nitrogens with one attached hydrogen (secondary N) is 1. The van der Waals surface area contributed by atoms with Crippen molar-refractivity contribution in [1.29, 1.82) is 0 Å². The summed E-state index contributed by atoms with van der Waals surface area (Å²) < 4.78 is 1.30. The fourth-order valence-corrected chi connectivity index (χ4v) is 3.92. The molecule has 3 heteroatoms. The second kappa shape index (κ2) is 6.91. The second-order valence-corrected chi connectivity index (χ2v) is 6.84. The van der Waals surface area contributed by atoms with Gasteiger partial charge in [0, 0.05) is 15.4 Å². The molecule has 0 amide bonds. The summed E-state index contributed by atoms with van der Waals surface area (Å²) in [6.07, 6.45) is 8.04. The molecule has 1 aromatic rings. The molecule has 0 aliphatic heterocycles. The lowest BCUT2D eigenvalue weighted by atomic mass is 10.0. The van der Waals surface area contributed by atoms with Gasteiger partial charge in [-0.05, 0) is 78.4 Å². The van der Waals surface area contributed by atoms with Crippen LogP contribution in [0.15, 0.2) is 15.9 Å². The van der Waals surface area contributed by atoms with Crippen LogP contribution in [-0.4, -0.2) is 12.6 Å². The largest absolute Gasteiger partial charge is 0.314 e. The zero-order valence-electron chi connectivity index (χ0n) is 10.5. The van der Waals surface area contributed by atoms with Crippen molar-refractivity contribution in [2.45, 2.75) is 51.5 Å². The molecule has 1 aromatic heterocycles. The Morgan fingerprint density at radius 2 is 2.35 bits per heavy atom. The van der Waals surface area contributed by atoms with Gasteiger partial charge < -0.3 is 5.32 Å². The molecule has 1 N–H and O–H groups in total. The van der Waals surface area contributed by atoms with E-state index in [-0.39, 0.29) is 0 Å². The van der Waals surface area contributed by atoms with Crippen molar-refractivity contribution in [3.63, 3.8) is 0 Å². The topological polar surface area (TPSA) is 12.0 Å². The van der Waals surface area contributed by atoms with Crippen LogP contribution < -0.4 is 5.32 Å². The number of hydrogen-bond donors (Lipinski definition) is 1. The maximum absolute atomic E-state index is 3.72. The molecule has 17 heavy (non-hydrogen) atoms. The van der Waals surface area contributed by atoms with Crippen LogP contribution in [0.2, 0.25) is 0 Å². The first kappa shape index (κ1) is 13.6. The molecule has 0 bridgehead atoms. The molecule has 1 fully saturated rings. The summed E-state index contributed by atoms with van der Waals surface area (Å²) >= 11 is 5.49. The van der Waals surface area contributed by atoms with Crippen molar-refractivity contribution in [2.75, 3.05) is 6.54 Å². The number of thiophene rings is 1. The smallest absolute Gasteiger partial charge is 0.0314 e. The second-order valence-electron chi connectivity index (χ2n) is 4.98. The minimum Gasteiger partial charge on any atom is -0.314 e. The Hall–Kier alpha value is 0.140. The highest BCUT2D eigenvalue weighted by atomic mass is 79.9. The van der Waals surface area contributed by atoms with Gasteiger partial charge in [-0.2, -0.15) is 0 Å². The minimum absolute atomic E-state index is 0.786. The van der Waals surface area contributed by atoms with Gasteiger partial charge in [-0.15, -0.1) is 11.3 Å². The van der Waals surface area contributed by atoms with Gasteiger partial charge in [-0.1, -0.05) is 6.92 Å². The van der Waals surface area contributed by atoms with E-state index in [2.05, 4.69) is 39.6 Å². The average Bonchev–Trinajstić information content (AvgIpc) is 3.09. The lowest BCUT2D eigenvalue weighted by molar-refractivity contribution is 0.425. The van der Waals surface area contributed by atoms with Gasteiger partial charge in [-0.25, -0.2) is 0 Å². The molecule has 0 saturated heterocycles. The Labute approximate surface area is 117 Å². The van der Waals surface area contributed by atoms with Gasteiger partial charge in [0.1, 0.15) is 0 Å². The first-order valence-electron chi connectivity index (χ1n) is 6.76. The van der Waals surface area contributed by atoms with Crippen LogP contribution in [0.25, 0.3) is 0 Å². The lowest BCUT2D eigenvalue weighted by Crippen LogP contribution is -2.31. The fourth-order valence-electron chi connectivity index (χ4n) is 2.32. The molecule has 2 rings (SSSR count). The maximum Gasteiger partial charge on any atom is 0.0314 e. The number of rotatable bonds is 8. The Kier molecular flexibility index (Phi) is 5.51. The summed E-state index contributed by atoms with van der Waals surface area (Å²) in [5.41, 5.74) is 0. The van der Waals surface area contributed by atoms with Crippen LogP contribution in [0.1, 0.15) is 43.9 Å². The molecule has 1 atom stereocenters. The Bertz CT molecular complexity index is 333. The van der Waals surface area contributed by atoms with Crippen LogP contribution in [0.5, 0.6) is 0 Å². The third kappa shape index (κ3) is 4.38. The van der Waals surface area contributed by atoms with Gasteiger partial charge in [0.25, 0.3) is 0 Å². The molecule has 1 heterocycles. The number of halogens is 1. The van der Waals surface area contributed by atoms with Gasteiger partial charge in [-0.3, -0.25) is 0 Å². The highest BCUT2D eigenvalue weighted by Crippen LogP contribution is 2.35. The zero-order valence-corrected chi connectivity index (χ0v) is 12.9. The van der Waals surface area contributed by atoms with E-state index in [1.807, 2.05) is 11.3 Å². The van der Waals surface area contributed by atoms with E-state index in [9.17, 15) is 0 Å². The van der Waals surface area contributed by atoms with Crippen molar-refractivity contribution < 1.29 is 0 Å². The third-order valence-electron chi connectivity index (χ3n) is 3.46. The molecule has 1 aliphatic carbocycles. The standard InChI is InChI=1S/C14H22BrNS/c1-2-9-16-13(11-6-7-11)4-3-5-14-12(15)8-10-17-14/h8,10-11,13,16H,2-7,9H2,1H3. The fraction of sp³-hybridized carbons (Fsp3) is 0.714. The zero-order chi connectivity index (χ0) is 12.1. The van der Waals surface area contributed by atoms with E-state index in [1.54, 1.807) is 0 Å². The highest BCUT2D eigenvalue weighted by Gasteiger charge is 2.30. The molecule has 1 unspecified atom stereocenters. The minimum atomic E-state index is 0.786. The van der Waals surface area contributed by atoms with Crippen LogP contribution in [0.3, 0.4) is 0 Å². The number of aryl methyl sites for hydroxylation is 1. The quantitative estimate of drug-likeness (QED) is 0.738. The van der Waals surface area contributed by atoms with Gasteiger partial charge in [0.05, 0.1) is 0 Å². The summed E-state index contributed by atoms with van der Waals surface area (Å²) in [6, 6.07) is 2.95. The molecule has 96 valence electrons. The van der Waals surface area contributed by atoms with E-state index in [0.29, 0.717) is 0 Å². The Morgan fingerprint density at radius 1 is 1.53 bits per heavy atom. The molecule has 0 spiro atoms. The molecule has 1 aliphatic rings. The van der Waals surface area contributed by atoms with Gasteiger partial charge in [0.2, 0.25) is 0 Å². The van der Waals surface area contributed by atoms with Crippen LogP contribution in [0.4, 0.5) is 0 Å². The lowest BCUT2D eigenvalue weighted by Gasteiger charge is -2.17. The first-order valence-corrected chi connectivity index (χ1v) is 8.43. The Morgan fingerprint density at radius 3 is 2.94 bits per heavy atom. The summed E-state index contributed by atoms with van der Waals surface area (Å²) in [6.45, 7) is 3.43. The monoisotopic (exact) mass is 315 g/mol. The molecule has 0 radical (unpaired) electrons. The summed E-state index contributed by atoms with van der Waals surface area (Å²) in [4.78, 5) is 1.51. The van der Waals surface area contributed by atoms with Crippen LogP contribution >= 0.6 is 27.3 Å². The van der Waals surface area contributed by atoms with E-state index in [0.717, 1.165) is 12.0 Å². The molecule has 1 nitrogen and oxygen atoms in total. The van der Waals surface area contributed by atoms with E-state index < -0.39 is 0 Å². The van der Waals surface area contributed by atoms with E-state index >= 15 is 0 Å². The maximum atomic E-state index is 3.72. The van der Waals surface area contributed by atoms with Gasteiger partial charge in [0.15, 0.2) is 0 Å². The molecular formula is C14H22BrNS. The van der Waals surface area contributed by atoms with Crippen molar-refractivity contribution in [1.82, 2.24) is 5.32 Å². The van der Waals surface area contributed by atoms with Crippen molar-refractivity contribution in [2.24, 2.45) is 5.92 Å². The van der Waals surface area contributed by atoms with Crippen LogP contribution in [0, 0.1) is 5.92 Å². The molecule has 1 saturated carbocycles. The normalized spacial score (nSPS) is 17.3. The first-order chi connectivity index (χ1) is 8.31. The molecular weight excluding hydrogens is 294 g/mol. The van der Waals surface area contributed by atoms with Crippen LogP contribution in [-0.2, 0) is 6.42 Å². The van der Waals surface area contributed by atoms with Crippen molar-refractivity contribution in [3.8, 4) is 0 Å². The average molecular weight is 316 g/mol. The summed E-state index contributed by atoms with van der Waals surface area (Å²) in [5.74, 6) is 0.980. The Balaban J connectivity index is 1.70. The molecule has 0 aromatic carbocycles. The predicted molar refractivity (Wildman–Crippen MR) is 79.8 cm³/mol. The third-order valence-corrected chi connectivity index (χ3v) is 5.44. The SMILES string of the molecule is CCCNC(CCCc1sccc1Br)C1CC1. The summed E-state index contributed by atoms with van der Waals surface area (Å²) in [5, 5.41) is 5.89. The van der Waals surface area contributed by atoms with E-state index in [1.165, 1.54) is 54.4 Å².